The minimum atomic E-state index is -3.85. The molecule has 3 rings (SSSR count). The first-order valence-electron chi connectivity index (χ1n) is 8.75. The molecule has 2 aromatic rings. The average molecular weight is 463 g/mol. The summed E-state index contributed by atoms with van der Waals surface area (Å²) in [5, 5.41) is 0.170. The highest BCUT2D eigenvalue weighted by Crippen LogP contribution is 2.29. The van der Waals surface area contributed by atoms with E-state index in [1.807, 2.05) is 0 Å². The van der Waals surface area contributed by atoms with Gasteiger partial charge in [-0.3, -0.25) is 0 Å². The van der Waals surface area contributed by atoms with Gasteiger partial charge < -0.3 is 4.74 Å². The lowest BCUT2D eigenvalue weighted by Gasteiger charge is -2.22. The molecular formula is C18H20ClFN2O5S2. The van der Waals surface area contributed by atoms with E-state index in [1.54, 1.807) is 0 Å². The van der Waals surface area contributed by atoms with E-state index in [0.29, 0.717) is 12.2 Å². The van der Waals surface area contributed by atoms with Crippen LogP contribution in [-0.2, 0) is 20.0 Å². The molecular weight excluding hydrogens is 443 g/mol. The molecule has 0 bridgehead atoms. The van der Waals surface area contributed by atoms with Gasteiger partial charge in [-0.25, -0.2) is 21.2 Å². The Morgan fingerprint density at radius 3 is 1.90 bits per heavy atom. The summed E-state index contributed by atoms with van der Waals surface area (Å²) in [5.41, 5.74) is 0. The molecule has 0 radical (unpaired) electrons. The zero-order valence-electron chi connectivity index (χ0n) is 15.6. The van der Waals surface area contributed by atoms with Crippen molar-refractivity contribution in [2.45, 2.75) is 16.2 Å². The Kier molecular flexibility index (Phi) is 6.49. The van der Waals surface area contributed by atoms with Gasteiger partial charge in [0.1, 0.15) is 11.6 Å². The zero-order chi connectivity index (χ0) is 21.2. The van der Waals surface area contributed by atoms with Crippen LogP contribution in [0.5, 0.6) is 5.75 Å². The lowest BCUT2D eigenvalue weighted by atomic mass is 10.3. The van der Waals surface area contributed by atoms with Gasteiger partial charge >= 0.3 is 0 Å². The second-order valence-corrected chi connectivity index (χ2v) is 10.7. The molecule has 0 unspecified atom stereocenters. The molecule has 0 amide bonds. The molecule has 1 aliphatic rings. The van der Waals surface area contributed by atoms with Crippen LogP contribution in [0.4, 0.5) is 4.39 Å². The van der Waals surface area contributed by atoms with Crippen molar-refractivity contribution in [3.8, 4) is 5.75 Å². The van der Waals surface area contributed by atoms with Gasteiger partial charge in [-0.2, -0.15) is 8.61 Å². The van der Waals surface area contributed by atoms with Crippen molar-refractivity contribution < 1.29 is 26.0 Å². The minimum Gasteiger partial charge on any atom is -0.495 e. The number of ether oxygens (including phenoxy) is 1. The Hall–Kier alpha value is -1.72. The molecule has 0 spiro atoms. The molecule has 1 heterocycles. The van der Waals surface area contributed by atoms with Crippen molar-refractivity contribution in [2.75, 3.05) is 33.3 Å². The van der Waals surface area contributed by atoms with Crippen LogP contribution in [0, 0.1) is 5.82 Å². The predicted octanol–water partition coefficient (Wildman–Crippen LogP) is 2.57. The molecule has 158 valence electrons. The van der Waals surface area contributed by atoms with Crippen LogP contribution in [0.25, 0.3) is 0 Å². The van der Waals surface area contributed by atoms with Gasteiger partial charge in [0.2, 0.25) is 20.0 Å². The molecule has 29 heavy (non-hydrogen) atoms. The molecule has 0 saturated carbocycles. The maximum atomic E-state index is 13.1. The second kappa shape index (κ2) is 8.57. The Morgan fingerprint density at radius 1 is 0.862 bits per heavy atom. The van der Waals surface area contributed by atoms with Crippen molar-refractivity contribution in [3.05, 3.63) is 53.3 Å². The quantitative estimate of drug-likeness (QED) is 0.681. The van der Waals surface area contributed by atoms with Crippen molar-refractivity contribution in [1.29, 1.82) is 0 Å². The van der Waals surface area contributed by atoms with Crippen molar-refractivity contribution in [2.24, 2.45) is 0 Å². The number of hydrogen-bond donors (Lipinski definition) is 0. The fourth-order valence-electron chi connectivity index (χ4n) is 3.06. The molecule has 0 aliphatic carbocycles. The molecule has 0 N–H and O–H groups in total. The third-order valence-corrected chi connectivity index (χ3v) is 8.73. The third kappa shape index (κ3) is 4.56. The first kappa shape index (κ1) is 22.0. The van der Waals surface area contributed by atoms with Gasteiger partial charge in [0.25, 0.3) is 0 Å². The normalized spacial score (nSPS) is 17.1. The SMILES string of the molecule is COc1ccc(S(=O)(=O)N2CCCN(S(=O)(=O)c3ccc(F)cc3)CC2)cc1Cl. The van der Waals surface area contributed by atoms with Gasteiger partial charge in [-0.15, -0.1) is 0 Å². The number of benzene rings is 2. The first-order valence-corrected chi connectivity index (χ1v) is 12.0. The van der Waals surface area contributed by atoms with Crippen molar-refractivity contribution >= 4 is 31.6 Å². The summed E-state index contributed by atoms with van der Waals surface area (Å²) in [7, 11) is -6.26. The summed E-state index contributed by atoms with van der Waals surface area (Å²) in [4.78, 5) is -0.0183. The summed E-state index contributed by atoms with van der Waals surface area (Å²) in [5.74, 6) is -0.173. The summed E-state index contributed by atoms with van der Waals surface area (Å²) in [6.45, 7) is 0.311. The summed E-state index contributed by atoms with van der Waals surface area (Å²) in [6, 6.07) is 8.74. The topological polar surface area (TPSA) is 84.0 Å². The van der Waals surface area contributed by atoms with Crippen LogP contribution >= 0.6 is 11.6 Å². The Bertz CT molecular complexity index is 1090. The lowest BCUT2D eigenvalue weighted by Crippen LogP contribution is -2.37. The largest absolute Gasteiger partial charge is 0.495 e. The molecule has 7 nitrogen and oxygen atoms in total. The number of rotatable bonds is 5. The van der Waals surface area contributed by atoms with Gasteiger partial charge in [-0.1, -0.05) is 11.6 Å². The molecule has 1 saturated heterocycles. The van der Waals surface area contributed by atoms with E-state index in [9.17, 15) is 21.2 Å². The predicted molar refractivity (Wildman–Crippen MR) is 107 cm³/mol. The Labute approximate surface area is 174 Å². The van der Waals surface area contributed by atoms with E-state index < -0.39 is 25.9 Å². The van der Waals surface area contributed by atoms with Crippen molar-refractivity contribution in [1.82, 2.24) is 8.61 Å². The number of halogens is 2. The van der Waals surface area contributed by atoms with Gasteiger partial charge in [0.05, 0.1) is 21.9 Å². The van der Waals surface area contributed by atoms with Crippen LogP contribution in [0.3, 0.4) is 0 Å². The minimum absolute atomic E-state index is 0.00753. The monoisotopic (exact) mass is 462 g/mol. The summed E-state index contributed by atoms with van der Waals surface area (Å²) in [6.07, 6.45) is 0.323. The van der Waals surface area contributed by atoms with Gasteiger partial charge in [0.15, 0.2) is 0 Å². The number of methoxy groups -OCH3 is 1. The van der Waals surface area contributed by atoms with Crippen LogP contribution < -0.4 is 4.74 Å². The van der Waals surface area contributed by atoms with Crippen LogP contribution in [0.1, 0.15) is 6.42 Å². The highest BCUT2D eigenvalue weighted by atomic mass is 35.5. The van der Waals surface area contributed by atoms with E-state index in [1.165, 1.54) is 46.1 Å². The Balaban J connectivity index is 1.80. The first-order chi connectivity index (χ1) is 13.7. The maximum Gasteiger partial charge on any atom is 0.243 e. The summed E-state index contributed by atoms with van der Waals surface area (Å²) < 4.78 is 72.1. The van der Waals surface area contributed by atoms with Gasteiger partial charge in [-0.05, 0) is 48.9 Å². The molecule has 0 aromatic heterocycles. The van der Waals surface area contributed by atoms with E-state index in [0.717, 1.165) is 12.1 Å². The van der Waals surface area contributed by atoms with Crippen LogP contribution in [0.2, 0.25) is 5.02 Å². The number of hydrogen-bond acceptors (Lipinski definition) is 5. The molecule has 11 heteroatoms. The van der Waals surface area contributed by atoms with Crippen LogP contribution in [0.15, 0.2) is 52.3 Å². The number of nitrogens with zero attached hydrogens (tertiary/aromatic N) is 2. The van der Waals surface area contributed by atoms with Gasteiger partial charge in [0, 0.05) is 26.2 Å². The zero-order valence-corrected chi connectivity index (χ0v) is 18.0. The lowest BCUT2D eigenvalue weighted by molar-refractivity contribution is 0.404. The van der Waals surface area contributed by atoms with Crippen LogP contribution in [-0.4, -0.2) is 58.7 Å². The molecule has 1 fully saturated rings. The highest BCUT2D eigenvalue weighted by Gasteiger charge is 2.32. The third-order valence-electron chi connectivity index (χ3n) is 4.63. The number of sulfonamides is 2. The standard InChI is InChI=1S/C18H20ClFN2O5S2/c1-27-18-8-7-16(13-17(18)19)29(25,26)22-10-2-9-21(11-12-22)28(23,24)15-5-3-14(20)4-6-15/h3-8,13H,2,9-12H2,1H3. The smallest absolute Gasteiger partial charge is 0.243 e. The summed E-state index contributed by atoms with van der Waals surface area (Å²) >= 11 is 6.05. The second-order valence-electron chi connectivity index (χ2n) is 6.41. The molecule has 0 atom stereocenters. The Morgan fingerprint density at radius 2 is 1.38 bits per heavy atom. The van der Waals surface area contributed by atoms with E-state index in [2.05, 4.69) is 0 Å². The molecule has 2 aromatic carbocycles. The van der Waals surface area contributed by atoms with E-state index in [4.69, 9.17) is 16.3 Å². The van der Waals surface area contributed by atoms with E-state index in [-0.39, 0.29) is 41.0 Å². The van der Waals surface area contributed by atoms with Crippen molar-refractivity contribution in [3.63, 3.8) is 0 Å². The highest BCUT2D eigenvalue weighted by molar-refractivity contribution is 7.89. The molecule has 1 aliphatic heterocycles. The van der Waals surface area contributed by atoms with E-state index >= 15 is 0 Å². The fraction of sp³-hybridized carbons (Fsp3) is 0.333. The fourth-order valence-corrected chi connectivity index (χ4v) is 6.35. The maximum absolute atomic E-state index is 13.1. The average Bonchev–Trinajstić information content (AvgIpc) is 2.95.